The second-order valence-electron chi connectivity index (χ2n) is 6.11. The van der Waals surface area contributed by atoms with E-state index in [4.69, 9.17) is 5.11 Å². The molecule has 1 heterocycles. The Morgan fingerprint density at radius 3 is 2.52 bits per heavy atom. The van der Waals surface area contributed by atoms with Crippen molar-refractivity contribution >= 4 is 23.5 Å². The summed E-state index contributed by atoms with van der Waals surface area (Å²) >= 11 is 0. The molecule has 1 saturated carbocycles. The van der Waals surface area contributed by atoms with Crippen LogP contribution in [-0.4, -0.2) is 36.0 Å². The van der Waals surface area contributed by atoms with Gasteiger partial charge in [0.25, 0.3) is 0 Å². The molecule has 0 bridgehead atoms. The molecular weight excluding hydrogens is 303 g/mol. The number of benzene rings is 1. The second-order valence-corrected chi connectivity index (χ2v) is 6.11. The zero-order valence-electron chi connectivity index (χ0n) is 12.4. The van der Waals surface area contributed by atoms with E-state index in [1.807, 2.05) is 0 Å². The van der Waals surface area contributed by atoms with Gasteiger partial charge < -0.3 is 15.3 Å². The Labute approximate surface area is 132 Å². The largest absolute Gasteiger partial charge is 0.481 e. The minimum absolute atomic E-state index is 0.0570. The molecule has 1 aliphatic heterocycles. The number of halogens is 1. The number of carboxylic acids is 1. The Morgan fingerprint density at radius 1 is 1.30 bits per heavy atom. The minimum atomic E-state index is -0.913. The fraction of sp³-hybridized carbons (Fsp3) is 0.438. The highest BCUT2D eigenvalue weighted by Gasteiger charge is 2.51. The first kappa shape index (κ1) is 15.5. The van der Waals surface area contributed by atoms with Crippen molar-refractivity contribution in [3.05, 3.63) is 30.1 Å². The highest BCUT2D eigenvalue weighted by molar-refractivity contribution is 6.09. The first-order valence-electron chi connectivity index (χ1n) is 7.51. The van der Waals surface area contributed by atoms with Crippen molar-refractivity contribution in [3.63, 3.8) is 0 Å². The number of carbonyl (C=O) groups is 3. The van der Waals surface area contributed by atoms with Crippen molar-refractivity contribution < 1.29 is 23.9 Å². The van der Waals surface area contributed by atoms with Crippen molar-refractivity contribution in [1.29, 1.82) is 0 Å². The van der Waals surface area contributed by atoms with Gasteiger partial charge in [0.05, 0.1) is 5.41 Å². The predicted octanol–water partition coefficient (Wildman–Crippen LogP) is 1.16. The monoisotopic (exact) mass is 320 g/mol. The van der Waals surface area contributed by atoms with E-state index in [2.05, 4.69) is 5.32 Å². The number of carbonyl (C=O) groups excluding carboxylic acids is 2. The van der Waals surface area contributed by atoms with Crippen molar-refractivity contribution in [2.24, 2.45) is 11.3 Å². The third-order valence-electron chi connectivity index (χ3n) is 4.57. The summed E-state index contributed by atoms with van der Waals surface area (Å²) in [6.07, 6.45) is 1.45. The molecule has 0 aromatic heterocycles. The number of hydrogen-bond acceptors (Lipinski definition) is 3. The average molecular weight is 320 g/mol. The van der Waals surface area contributed by atoms with Crippen molar-refractivity contribution in [2.75, 3.05) is 18.0 Å². The van der Waals surface area contributed by atoms with Crippen LogP contribution in [0, 0.1) is 17.2 Å². The van der Waals surface area contributed by atoms with Gasteiger partial charge in [-0.15, -0.1) is 0 Å². The molecule has 6 nitrogen and oxygen atoms in total. The predicted molar refractivity (Wildman–Crippen MR) is 79.2 cm³/mol. The van der Waals surface area contributed by atoms with Crippen LogP contribution in [0.4, 0.5) is 10.1 Å². The lowest BCUT2D eigenvalue weighted by Crippen LogP contribution is -2.40. The lowest BCUT2D eigenvalue weighted by atomic mass is 10.1. The number of aliphatic carboxylic acids is 1. The number of nitrogens with one attached hydrogen (secondary N) is 1. The number of rotatable bonds is 5. The molecule has 0 spiro atoms. The van der Waals surface area contributed by atoms with Crippen molar-refractivity contribution in [3.8, 4) is 0 Å². The summed E-state index contributed by atoms with van der Waals surface area (Å²) in [6, 6.07) is 5.52. The molecule has 0 radical (unpaired) electrons. The maximum atomic E-state index is 12.9. The SMILES string of the molecule is O=C(NCC1(C(=O)O)CC1)C1CCN(c2ccc(F)cc2)C1=O. The van der Waals surface area contributed by atoms with E-state index < -0.39 is 29.0 Å². The summed E-state index contributed by atoms with van der Waals surface area (Å²) in [4.78, 5) is 37.1. The molecule has 122 valence electrons. The highest BCUT2D eigenvalue weighted by Crippen LogP contribution is 2.45. The quantitative estimate of drug-likeness (QED) is 0.797. The molecule has 1 aliphatic carbocycles. The highest BCUT2D eigenvalue weighted by atomic mass is 19.1. The van der Waals surface area contributed by atoms with Crippen molar-refractivity contribution in [2.45, 2.75) is 19.3 Å². The topological polar surface area (TPSA) is 86.7 Å². The smallest absolute Gasteiger partial charge is 0.311 e. The Kier molecular flexibility index (Phi) is 3.79. The van der Waals surface area contributed by atoms with Crippen LogP contribution < -0.4 is 10.2 Å². The van der Waals surface area contributed by atoms with Gasteiger partial charge in [-0.1, -0.05) is 0 Å². The van der Waals surface area contributed by atoms with Gasteiger partial charge in [-0.25, -0.2) is 4.39 Å². The van der Waals surface area contributed by atoms with Crippen LogP contribution in [0.2, 0.25) is 0 Å². The molecule has 2 fully saturated rings. The van der Waals surface area contributed by atoms with Crippen LogP contribution in [-0.2, 0) is 14.4 Å². The van der Waals surface area contributed by atoms with E-state index in [-0.39, 0.29) is 12.5 Å². The fourth-order valence-corrected chi connectivity index (χ4v) is 2.80. The zero-order chi connectivity index (χ0) is 16.6. The van der Waals surface area contributed by atoms with Crippen LogP contribution >= 0.6 is 0 Å². The second kappa shape index (κ2) is 5.64. The van der Waals surface area contributed by atoms with Gasteiger partial charge in [0.2, 0.25) is 11.8 Å². The number of hydrogen-bond donors (Lipinski definition) is 2. The fourth-order valence-electron chi connectivity index (χ4n) is 2.80. The van der Waals surface area contributed by atoms with E-state index in [1.54, 1.807) is 0 Å². The maximum Gasteiger partial charge on any atom is 0.311 e. The van der Waals surface area contributed by atoms with Crippen LogP contribution in [0.3, 0.4) is 0 Å². The molecule has 1 aromatic rings. The molecule has 23 heavy (non-hydrogen) atoms. The van der Waals surface area contributed by atoms with Crippen LogP contribution in [0.1, 0.15) is 19.3 Å². The van der Waals surface area contributed by atoms with Crippen LogP contribution in [0.5, 0.6) is 0 Å². The van der Waals surface area contributed by atoms with Gasteiger partial charge in [0.15, 0.2) is 0 Å². The summed E-state index contributed by atoms with van der Waals surface area (Å²) in [5, 5.41) is 11.7. The van der Waals surface area contributed by atoms with E-state index >= 15 is 0 Å². The van der Waals surface area contributed by atoms with E-state index in [0.29, 0.717) is 31.5 Å². The van der Waals surface area contributed by atoms with Gasteiger partial charge in [0, 0.05) is 18.8 Å². The van der Waals surface area contributed by atoms with Gasteiger partial charge in [-0.3, -0.25) is 14.4 Å². The molecule has 2 amide bonds. The Hall–Kier alpha value is -2.44. The molecule has 1 unspecified atom stereocenters. The summed E-state index contributed by atoms with van der Waals surface area (Å²) < 4.78 is 12.9. The molecule has 7 heteroatoms. The van der Waals surface area contributed by atoms with E-state index in [0.717, 1.165) is 0 Å². The van der Waals surface area contributed by atoms with E-state index in [9.17, 15) is 18.8 Å². The Balaban J connectivity index is 1.61. The molecule has 1 aromatic carbocycles. The number of anilines is 1. The standard InChI is InChI=1S/C16H17FN2O4/c17-10-1-3-11(4-2-10)19-8-5-12(14(19)21)13(20)18-9-16(6-7-16)15(22)23/h1-4,12H,5-9H2,(H,18,20)(H,22,23). The van der Waals surface area contributed by atoms with Gasteiger partial charge >= 0.3 is 5.97 Å². The number of carboxylic acid groups (broad SMARTS) is 1. The van der Waals surface area contributed by atoms with E-state index in [1.165, 1.54) is 29.2 Å². The Morgan fingerprint density at radius 2 is 1.96 bits per heavy atom. The summed E-state index contributed by atoms with van der Waals surface area (Å²) in [6.45, 7) is 0.439. The van der Waals surface area contributed by atoms with Crippen LogP contribution in [0.15, 0.2) is 24.3 Å². The third-order valence-corrected chi connectivity index (χ3v) is 4.57. The third kappa shape index (κ3) is 2.91. The summed E-state index contributed by atoms with van der Waals surface area (Å²) in [5.74, 6) is -2.90. The summed E-state index contributed by atoms with van der Waals surface area (Å²) in [7, 11) is 0. The normalized spacial score (nSPS) is 22.0. The number of amides is 2. The van der Waals surface area contributed by atoms with Gasteiger partial charge in [-0.05, 0) is 43.5 Å². The van der Waals surface area contributed by atoms with Crippen molar-refractivity contribution in [1.82, 2.24) is 5.32 Å². The molecule has 1 saturated heterocycles. The lowest BCUT2D eigenvalue weighted by Gasteiger charge is -2.17. The Bertz CT molecular complexity index is 655. The van der Waals surface area contributed by atoms with Gasteiger partial charge in [0.1, 0.15) is 11.7 Å². The lowest BCUT2D eigenvalue weighted by molar-refractivity contribution is -0.143. The molecule has 2 N–H and O–H groups in total. The summed E-state index contributed by atoms with van der Waals surface area (Å²) in [5.41, 5.74) is -0.301. The average Bonchev–Trinajstić information content (AvgIpc) is 3.23. The minimum Gasteiger partial charge on any atom is -0.481 e. The number of nitrogens with zero attached hydrogens (tertiary/aromatic N) is 1. The first-order chi connectivity index (χ1) is 10.9. The molecular formula is C16H17FN2O4. The zero-order valence-corrected chi connectivity index (χ0v) is 12.4. The maximum absolute atomic E-state index is 12.9. The molecule has 2 aliphatic rings. The molecule has 3 rings (SSSR count). The van der Waals surface area contributed by atoms with Gasteiger partial charge in [-0.2, -0.15) is 0 Å². The van der Waals surface area contributed by atoms with Crippen LogP contribution in [0.25, 0.3) is 0 Å². The first-order valence-corrected chi connectivity index (χ1v) is 7.51. The molecule has 1 atom stereocenters.